The smallest absolute Gasteiger partial charge is 0.268 e. The maximum Gasteiger partial charge on any atom is 0.268 e. The van der Waals surface area contributed by atoms with Gasteiger partial charge in [0, 0.05) is 6.20 Å². The van der Waals surface area contributed by atoms with Gasteiger partial charge in [0.05, 0.1) is 0 Å². The molecule has 0 spiro atoms. The minimum absolute atomic E-state index is 0.415. The predicted octanol–water partition coefficient (Wildman–Crippen LogP) is 0.647. The third kappa shape index (κ3) is 1.78. The Balaban J connectivity index is 2.19. The summed E-state index contributed by atoms with van der Waals surface area (Å²) in [5, 5.41) is 16.1. The molecule has 0 saturated carbocycles. The van der Waals surface area contributed by atoms with Crippen LogP contribution in [0.15, 0.2) is 18.3 Å². The summed E-state index contributed by atoms with van der Waals surface area (Å²) in [6.45, 7) is 1.99. The van der Waals surface area contributed by atoms with E-state index in [-0.39, 0.29) is 0 Å². The van der Waals surface area contributed by atoms with Gasteiger partial charge in [0.15, 0.2) is 0 Å². The zero-order chi connectivity index (χ0) is 9.10. The lowest BCUT2D eigenvalue weighted by Gasteiger charge is -1.99. The van der Waals surface area contributed by atoms with Gasteiger partial charge in [-0.2, -0.15) is 5.21 Å². The second-order valence-electron chi connectivity index (χ2n) is 2.58. The molecule has 0 aliphatic heterocycles. The van der Waals surface area contributed by atoms with E-state index in [4.69, 9.17) is 0 Å². The Hall–Kier alpha value is -1.98. The number of rotatable bonds is 2. The molecule has 0 bridgehead atoms. The first-order chi connectivity index (χ1) is 6.34. The molecule has 0 aromatic carbocycles. The first kappa shape index (κ1) is 7.66. The van der Waals surface area contributed by atoms with Crippen molar-refractivity contribution in [1.82, 2.24) is 25.6 Å². The summed E-state index contributed by atoms with van der Waals surface area (Å²) >= 11 is 0. The van der Waals surface area contributed by atoms with E-state index in [1.54, 1.807) is 6.20 Å². The number of aromatic amines is 1. The first-order valence-corrected chi connectivity index (χ1v) is 3.78. The Morgan fingerprint density at radius 1 is 1.46 bits per heavy atom. The molecule has 0 radical (unpaired) electrons. The van der Waals surface area contributed by atoms with Gasteiger partial charge in [0.25, 0.3) is 5.95 Å². The second kappa shape index (κ2) is 3.18. The molecule has 2 aromatic rings. The maximum absolute atomic E-state index is 4.08. The lowest BCUT2D eigenvalue weighted by Crippen LogP contribution is -1.95. The van der Waals surface area contributed by atoms with Gasteiger partial charge >= 0.3 is 0 Å². The highest BCUT2D eigenvalue weighted by Crippen LogP contribution is 2.08. The van der Waals surface area contributed by atoms with Crippen molar-refractivity contribution in [1.29, 1.82) is 0 Å². The molecule has 0 amide bonds. The molecule has 0 aliphatic carbocycles. The molecule has 0 fully saturated rings. The van der Waals surface area contributed by atoms with Crippen molar-refractivity contribution in [3.05, 3.63) is 23.9 Å². The molecule has 0 aliphatic rings. The molecule has 2 heterocycles. The number of pyridine rings is 1. The Morgan fingerprint density at radius 2 is 2.38 bits per heavy atom. The van der Waals surface area contributed by atoms with Crippen LogP contribution in [0, 0.1) is 6.92 Å². The molecule has 0 saturated heterocycles. The number of H-pyrrole nitrogens is 1. The van der Waals surface area contributed by atoms with Crippen LogP contribution in [0.5, 0.6) is 0 Å². The lowest BCUT2D eigenvalue weighted by atomic mass is 10.3. The van der Waals surface area contributed by atoms with Crippen molar-refractivity contribution in [2.45, 2.75) is 6.92 Å². The number of nitrogens with zero attached hydrogens (tertiary/aromatic N) is 4. The first-order valence-electron chi connectivity index (χ1n) is 3.78. The summed E-state index contributed by atoms with van der Waals surface area (Å²) < 4.78 is 0. The molecule has 13 heavy (non-hydrogen) atoms. The maximum atomic E-state index is 4.08. The monoisotopic (exact) mass is 176 g/mol. The van der Waals surface area contributed by atoms with E-state index in [0.29, 0.717) is 11.8 Å². The van der Waals surface area contributed by atoms with Gasteiger partial charge < -0.3 is 5.32 Å². The van der Waals surface area contributed by atoms with Gasteiger partial charge in [-0.1, -0.05) is 5.10 Å². The van der Waals surface area contributed by atoms with Crippen LogP contribution in [0.1, 0.15) is 5.56 Å². The third-order valence-electron chi connectivity index (χ3n) is 1.50. The highest BCUT2D eigenvalue weighted by atomic mass is 15.5. The molecule has 2 N–H and O–H groups in total. The largest absolute Gasteiger partial charge is 0.306 e. The van der Waals surface area contributed by atoms with Crippen molar-refractivity contribution >= 4 is 11.8 Å². The van der Waals surface area contributed by atoms with Crippen LogP contribution in [0.2, 0.25) is 0 Å². The second-order valence-corrected chi connectivity index (χ2v) is 2.58. The third-order valence-corrected chi connectivity index (χ3v) is 1.50. The summed E-state index contributed by atoms with van der Waals surface area (Å²) in [7, 11) is 0. The molecular weight excluding hydrogens is 168 g/mol. The standard InChI is InChI=1S/C7H8N6/c1-5-2-3-8-6(4-5)9-7-10-12-13-11-7/h2-4H,1H3,(H2,8,9,10,11,12,13). The number of tetrazole rings is 1. The quantitative estimate of drug-likeness (QED) is 0.702. The normalized spacial score (nSPS) is 9.92. The molecule has 2 aromatic heterocycles. The molecule has 0 atom stereocenters. The van der Waals surface area contributed by atoms with E-state index in [9.17, 15) is 0 Å². The number of anilines is 2. The van der Waals surface area contributed by atoms with Crippen LogP contribution in [0.4, 0.5) is 11.8 Å². The molecular formula is C7H8N6. The van der Waals surface area contributed by atoms with Gasteiger partial charge in [0.2, 0.25) is 0 Å². The van der Waals surface area contributed by atoms with Gasteiger partial charge in [-0.3, -0.25) is 0 Å². The Bertz CT molecular complexity index is 382. The molecule has 6 nitrogen and oxygen atoms in total. The van der Waals surface area contributed by atoms with Gasteiger partial charge in [-0.05, 0) is 29.8 Å². The van der Waals surface area contributed by atoms with Crippen molar-refractivity contribution in [2.24, 2.45) is 0 Å². The molecule has 66 valence electrons. The summed E-state index contributed by atoms with van der Waals surface area (Å²) in [4.78, 5) is 4.08. The topological polar surface area (TPSA) is 79.4 Å². The van der Waals surface area contributed by atoms with Crippen LogP contribution in [-0.4, -0.2) is 25.6 Å². The van der Waals surface area contributed by atoms with E-state index >= 15 is 0 Å². The van der Waals surface area contributed by atoms with Crippen molar-refractivity contribution in [3.63, 3.8) is 0 Å². The summed E-state index contributed by atoms with van der Waals surface area (Å²) in [6, 6.07) is 3.82. The predicted molar refractivity (Wildman–Crippen MR) is 46.4 cm³/mol. The molecule has 0 unspecified atom stereocenters. The van der Waals surface area contributed by atoms with Gasteiger partial charge in [-0.15, -0.1) is 5.10 Å². The van der Waals surface area contributed by atoms with Gasteiger partial charge in [-0.25, -0.2) is 4.98 Å². The molecule has 6 heteroatoms. The lowest BCUT2D eigenvalue weighted by molar-refractivity contribution is 0.881. The number of aryl methyl sites for hydroxylation is 1. The van der Waals surface area contributed by atoms with E-state index in [0.717, 1.165) is 5.56 Å². The zero-order valence-corrected chi connectivity index (χ0v) is 7.02. The van der Waals surface area contributed by atoms with Crippen LogP contribution in [0.25, 0.3) is 0 Å². The minimum Gasteiger partial charge on any atom is -0.306 e. The fourth-order valence-electron chi connectivity index (χ4n) is 0.934. The average molecular weight is 176 g/mol. The number of nitrogens with one attached hydrogen (secondary N) is 2. The highest BCUT2D eigenvalue weighted by Gasteiger charge is 1.98. The van der Waals surface area contributed by atoms with E-state index < -0.39 is 0 Å². The highest BCUT2D eigenvalue weighted by molar-refractivity contribution is 5.47. The van der Waals surface area contributed by atoms with E-state index in [1.165, 1.54) is 0 Å². The van der Waals surface area contributed by atoms with Crippen molar-refractivity contribution in [2.75, 3.05) is 5.32 Å². The van der Waals surface area contributed by atoms with Crippen molar-refractivity contribution in [3.8, 4) is 0 Å². The van der Waals surface area contributed by atoms with E-state index in [2.05, 4.69) is 30.9 Å². The SMILES string of the molecule is Cc1ccnc(Nc2nn[nH]n2)c1. The summed E-state index contributed by atoms with van der Waals surface area (Å²) in [6.07, 6.45) is 1.72. The zero-order valence-electron chi connectivity index (χ0n) is 7.02. The summed E-state index contributed by atoms with van der Waals surface area (Å²) in [5.41, 5.74) is 1.13. The van der Waals surface area contributed by atoms with Crippen LogP contribution < -0.4 is 5.32 Å². The minimum atomic E-state index is 0.415. The van der Waals surface area contributed by atoms with Crippen LogP contribution in [-0.2, 0) is 0 Å². The Morgan fingerprint density at radius 3 is 3.08 bits per heavy atom. The van der Waals surface area contributed by atoms with Crippen LogP contribution in [0.3, 0.4) is 0 Å². The number of hydrogen-bond donors (Lipinski definition) is 2. The Kier molecular flexibility index (Phi) is 1.87. The summed E-state index contributed by atoms with van der Waals surface area (Å²) in [5.74, 6) is 1.12. The fraction of sp³-hybridized carbons (Fsp3) is 0.143. The number of hydrogen-bond acceptors (Lipinski definition) is 5. The average Bonchev–Trinajstić information content (AvgIpc) is 2.57. The fourth-order valence-corrected chi connectivity index (χ4v) is 0.934. The number of aromatic nitrogens is 5. The molecule has 2 rings (SSSR count). The van der Waals surface area contributed by atoms with Crippen LogP contribution >= 0.6 is 0 Å². The van der Waals surface area contributed by atoms with Gasteiger partial charge in [0.1, 0.15) is 5.82 Å². The van der Waals surface area contributed by atoms with E-state index in [1.807, 2.05) is 19.1 Å². The van der Waals surface area contributed by atoms with Crippen molar-refractivity contribution < 1.29 is 0 Å². The Labute approximate surface area is 74.4 Å².